The molecule has 126 valence electrons. The van der Waals surface area contributed by atoms with Gasteiger partial charge in [-0.3, -0.25) is 4.68 Å². The third-order valence-corrected chi connectivity index (χ3v) is 3.42. The van der Waals surface area contributed by atoms with E-state index in [-0.39, 0.29) is 18.1 Å². The third kappa shape index (κ3) is 6.47. The highest BCUT2D eigenvalue weighted by molar-refractivity contribution is 5.88. The van der Waals surface area contributed by atoms with Crippen LogP contribution in [0.5, 0.6) is 0 Å². The smallest absolute Gasteiger partial charge is 0.319 e. The number of rotatable bonds is 6. The fraction of sp³-hybridized carbons (Fsp3) is 0.750. The lowest BCUT2D eigenvalue weighted by Gasteiger charge is -2.24. The molecule has 0 saturated carbocycles. The van der Waals surface area contributed by atoms with Gasteiger partial charge in [0.2, 0.25) is 0 Å². The van der Waals surface area contributed by atoms with E-state index in [4.69, 9.17) is 0 Å². The molecule has 3 N–H and O–H groups in total. The number of amides is 2. The molecule has 0 spiro atoms. The number of carbonyl (C=O) groups excluding carboxylic acids is 1. The molecule has 6 nitrogen and oxygen atoms in total. The van der Waals surface area contributed by atoms with Gasteiger partial charge in [-0.05, 0) is 46.5 Å². The number of aliphatic hydroxyl groups is 1. The van der Waals surface area contributed by atoms with Gasteiger partial charge in [-0.1, -0.05) is 13.8 Å². The SMILES string of the molecule is CC(C)CCC(C)(O)CNC(=O)Nc1cnn(C(C)(C)C)c1. The minimum atomic E-state index is -0.892. The van der Waals surface area contributed by atoms with Gasteiger partial charge in [0.05, 0.1) is 23.0 Å². The number of aromatic nitrogens is 2. The molecule has 0 aromatic carbocycles. The van der Waals surface area contributed by atoms with Gasteiger partial charge < -0.3 is 15.7 Å². The second-order valence-electron chi connectivity index (χ2n) is 7.58. The van der Waals surface area contributed by atoms with Crippen molar-refractivity contribution >= 4 is 11.7 Å². The van der Waals surface area contributed by atoms with Crippen molar-refractivity contribution in [1.29, 1.82) is 0 Å². The zero-order valence-electron chi connectivity index (χ0n) is 14.6. The number of hydrogen-bond donors (Lipinski definition) is 3. The molecular weight excluding hydrogens is 280 g/mol. The Balaban J connectivity index is 2.45. The number of carbonyl (C=O) groups is 1. The van der Waals surface area contributed by atoms with E-state index in [1.807, 2.05) is 20.8 Å². The summed E-state index contributed by atoms with van der Waals surface area (Å²) >= 11 is 0. The lowest BCUT2D eigenvalue weighted by molar-refractivity contribution is 0.0481. The molecule has 1 atom stereocenters. The average Bonchev–Trinajstić information content (AvgIpc) is 2.83. The predicted octanol–water partition coefficient (Wildman–Crippen LogP) is 2.95. The molecule has 1 unspecified atom stereocenters. The van der Waals surface area contributed by atoms with E-state index in [0.717, 1.165) is 6.42 Å². The summed E-state index contributed by atoms with van der Waals surface area (Å²) in [6.45, 7) is 12.3. The lowest BCUT2D eigenvalue weighted by Crippen LogP contribution is -2.42. The molecule has 0 aliphatic carbocycles. The van der Waals surface area contributed by atoms with E-state index in [2.05, 4.69) is 29.6 Å². The van der Waals surface area contributed by atoms with Gasteiger partial charge in [-0.25, -0.2) is 4.79 Å². The molecule has 22 heavy (non-hydrogen) atoms. The molecule has 0 saturated heterocycles. The number of nitrogens with one attached hydrogen (secondary N) is 2. The van der Waals surface area contributed by atoms with Gasteiger partial charge in [-0.15, -0.1) is 0 Å². The summed E-state index contributed by atoms with van der Waals surface area (Å²) in [5, 5.41) is 19.9. The number of urea groups is 1. The third-order valence-electron chi connectivity index (χ3n) is 3.42. The fourth-order valence-electron chi connectivity index (χ4n) is 1.89. The van der Waals surface area contributed by atoms with Gasteiger partial charge in [0, 0.05) is 12.7 Å². The van der Waals surface area contributed by atoms with Gasteiger partial charge in [0.25, 0.3) is 0 Å². The van der Waals surface area contributed by atoms with Crippen molar-refractivity contribution in [2.75, 3.05) is 11.9 Å². The molecule has 0 radical (unpaired) electrons. The molecule has 1 aromatic rings. The van der Waals surface area contributed by atoms with Crippen molar-refractivity contribution in [2.24, 2.45) is 5.92 Å². The molecule has 0 bridgehead atoms. The van der Waals surface area contributed by atoms with E-state index in [1.165, 1.54) is 0 Å². The first kappa shape index (κ1) is 18.5. The maximum atomic E-state index is 11.9. The number of hydrogen-bond acceptors (Lipinski definition) is 3. The molecular formula is C16H30N4O2. The fourth-order valence-corrected chi connectivity index (χ4v) is 1.89. The summed E-state index contributed by atoms with van der Waals surface area (Å²) in [6, 6.07) is -0.335. The summed E-state index contributed by atoms with van der Waals surface area (Å²) in [5.74, 6) is 0.531. The van der Waals surface area contributed by atoms with Crippen LogP contribution in [-0.2, 0) is 5.54 Å². The Morgan fingerprint density at radius 3 is 2.50 bits per heavy atom. The summed E-state index contributed by atoms with van der Waals surface area (Å²) in [6.07, 6.45) is 4.99. The van der Waals surface area contributed by atoms with Crippen molar-refractivity contribution in [1.82, 2.24) is 15.1 Å². The zero-order valence-corrected chi connectivity index (χ0v) is 14.6. The lowest BCUT2D eigenvalue weighted by atomic mass is 9.95. The van der Waals surface area contributed by atoms with E-state index in [1.54, 1.807) is 24.0 Å². The minimum absolute atomic E-state index is 0.128. The maximum Gasteiger partial charge on any atom is 0.319 e. The number of anilines is 1. The van der Waals surface area contributed by atoms with E-state index >= 15 is 0 Å². The van der Waals surface area contributed by atoms with Crippen molar-refractivity contribution in [2.45, 2.75) is 65.5 Å². The van der Waals surface area contributed by atoms with E-state index in [0.29, 0.717) is 18.0 Å². The molecule has 0 aliphatic rings. The van der Waals surface area contributed by atoms with E-state index in [9.17, 15) is 9.90 Å². The summed E-state index contributed by atoms with van der Waals surface area (Å²) in [7, 11) is 0. The maximum absolute atomic E-state index is 11.9. The monoisotopic (exact) mass is 310 g/mol. The largest absolute Gasteiger partial charge is 0.388 e. The van der Waals surface area contributed by atoms with Gasteiger partial charge in [0.15, 0.2) is 0 Å². The second-order valence-corrected chi connectivity index (χ2v) is 7.58. The Bertz CT molecular complexity index is 487. The highest BCUT2D eigenvalue weighted by atomic mass is 16.3. The summed E-state index contributed by atoms with van der Waals surface area (Å²) in [4.78, 5) is 11.9. The van der Waals surface area contributed by atoms with Gasteiger partial charge >= 0.3 is 6.03 Å². The molecule has 0 aliphatic heterocycles. The van der Waals surface area contributed by atoms with Crippen molar-refractivity contribution in [3.8, 4) is 0 Å². The Kier molecular flexibility index (Phi) is 6.00. The average molecular weight is 310 g/mol. The first-order valence-corrected chi connectivity index (χ1v) is 7.82. The first-order chi connectivity index (χ1) is 9.99. The molecule has 0 fully saturated rings. The normalized spacial score (nSPS) is 14.7. The Morgan fingerprint density at radius 1 is 1.36 bits per heavy atom. The van der Waals surface area contributed by atoms with Crippen molar-refractivity contribution in [3.05, 3.63) is 12.4 Å². The van der Waals surface area contributed by atoms with Crippen LogP contribution in [-0.4, -0.2) is 33.1 Å². The topological polar surface area (TPSA) is 79.2 Å². The molecule has 1 heterocycles. The van der Waals surface area contributed by atoms with Crippen LogP contribution in [0.2, 0.25) is 0 Å². The molecule has 2 amide bonds. The predicted molar refractivity (Wildman–Crippen MR) is 88.9 cm³/mol. The van der Waals surface area contributed by atoms with Crippen LogP contribution in [0.4, 0.5) is 10.5 Å². The number of nitrogens with zero attached hydrogens (tertiary/aromatic N) is 2. The molecule has 6 heteroatoms. The highest BCUT2D eigenvalue weighted by Gasteiger charge is 2.21. The van der Waals surface area contributed by atoms with Crippen molar-refractivity contribution in [3.63, 3.8) is 0 Å². The minimum Gasteiger partial charge on any atom is -0.388 e. The van der Waals surface area contributed by atoms with Crippen LogP contribution in [0.1, 0.15) is 54.4 Å². The van der Waals surface area contributed by atoms with Crippen LogP contribution in [0.3, 0.4) is 0 Å². The standard InChI is InChI=1S/C16H30N4O2/c1-12(2)7-8-16(6,22)11-17-14(21)19-13-9-18-20(10-13)15(3,4)5/h9-10,12,22H,7-8,11H2,1-6H3,(H2,17,19,21). The molecule has 1 aromatic heterocycles. The van der Waals surface area contributed by atoms with Crippen LogP contribution < -0.4 is 10.6 Å². The second kappa shape index (κ2) is 7.13. The van der Waals surface area contributed by atoms with Gasteiger partial charge in [0.1, 0.15) is 0 Å². The van der Waals surface area contributed by atoms with Crippen molar-refractivity contribution < 1.29 is 9.90 Å². The first-order valence-electron chi connectivity index (χ1n) is 7.82. The van der Waals surface area contributed by atoms with Crippen LogP contribution >= 0.6 is 0 Å². The summed E-state index contributed by atoms with van der Waals surface area (Å²) < 4.78 is 1.79. The van der Waals surface area contributed by atoms with Crippen LogP contribution in [0.15, 0.2) is 12.4 Å². The Morgan fingerprint density at radius 2 is 2.00 bits per heavy atom. The van der Waals surface area contributed by atoms with Gasteiger partial charge in [-0.2, -0.15) is 5.10 Å². The summed E-state index contributed by atoms with van der Waals surface area (Å²) in [5.41, 5.74) is -0.386. The molecule has 1 rings (SSSR count). The quantitative estimate of drug-likeness (QED) is 0.756. The Labute approximate surface area is 133 Å². The Hall–Kier alpha value is -1.56. The van der Waals surface area contributed by atoms with Crippen LogP contribution in [0.25, 0.3) is 0 Å². The van der Waals surface area contributed by atoms with Crippen LogP contribution in [0, 0.1) is 5.92 Å². The highest BCUT2D eigenvalue weighted by Crippen LogP contribution is 2.17. The van der Waals surface area contributed by atoms with E-state index < -0.39 is 5.60 Å². The zero-order chi connectivity index (χ0) is 17.0.